The number of carbonyl (C=O) groups is 1. The SMILES string of the molecule is COC(=O)C1[C@@H]2CC[C@H]1C2N. The van der Waals surface area contributed by atoms with E-state index in [0.29, 0.717) is 11.8 Å². The Morgan fingerprint density at radius 2 is 2.00 bits per heavy atom. The van der Waals surface area contributed by atoms with Crippen LogP contribution in [0.4, 0.5) is 0 Å². The van der Waals surface area contributed by atoms with Gasteiger partial charge in [0.2, 0.25) is 0 Å². The van der Waals surface area contributed by atoms with Gasteiger partial charge in [0.15, 0.2) is 0 Å². The van der Waals surface area contributed by atoms with E-state index in [-0.39, 0.29) is 17.9 Å². The highest BCUT2D eigenvalue weighted by Gasteiger charge is 2.57. The molecular weight excluding hydrogens is 142 g/mol. The average molecular weight is 155 g/mol. The number of nitrogens with two attached hydrogens (primary N) is 1. The largest absolute Gasteiger partial charge is 0.469 e. The molecule has 0 aromatic rings. The number of carbonyl (C=O) groups excluding carboxylic acids is 1. The van der Waals surface area contributed by atoms with Crippen molar-refractivity contribution in [2.75, 3.05) is 7.11 Å². The molecule has 0 spiro atoms. The lowest BCUT2D eigenvalue weighted by atomic mass is 9.68. The van der Waals surface area contributed by atoms with Crippen molar-refractivity contribution >= 4 is 5.97 Å². The lowest BCUT2D eigenvalue weighted by molar-refractivity contribution is -0.153. The smallest absolute Gasteiger partial charge is 0.309 e. The molecule has 4 atom stereocenters. The third-order valence-corrected chi connectivity index (χ3v) is 3.22. The second kappa shape index (κ2) is 2.21. The van der Waals surface area contributed by atoms with Crippen LogP contribution >= 0.6 is 0 Å². The van der Waals surface area contributed by atoms with E-state index in [4.69, 9.17) is 5.73 Å². The minimum absolute atomic E-state index is 0.0563. The van der Waals surface area contributed by atoms with Gasteiger partial charge in [-0.15, -0.1) is 0 Å². The van der Waals surface area contributed by atoms with Crippen molar-refractivity contribution in [2.24, 2.45) is 23.5 Å². The van der Waals surface area contributed by atoms with E-state index in [1.807, 2.05) is 0 Å². The lowest BCUT2D eigenvalue weighted by Gasteiger charge is -2.40. The molecule has 3 aliphatic rings. The van der Waals surface area contributed by atoms with Crippen LogP contribution in [0.15, 0.2) is 0 Å². The van der Waals surface area contributed by atoms with Crippen molar-refractivity contribution in [3.63, 3.8) is 0 Å². The maximum Gasteiger partial charge on any atom is 0.309 e. The zero-order chi connectivity index (χ0) is 8.01. The molecule has 62 valence electrons. The summed E-state index contributed by atoms with van der Waals surface area (Å²) >= 11 is 0. The van der Waals surface area contributed by atoms with Gasteiger partial charge in [0.1, 0.15) is 0 Å². The van der Waals surface area contributed by atoms with Crippen LogP contribution in [-0.2, 0) is 9.53 Å². The molecule has 0 saturated heterocycles. The second-order valence-electron chi connectivity index (χ2n) is 3.53. The van der Waals surface area contributed by atoms with E-state index in [1.165, 1.54) is 7.11 Å². The summed E-state index contributed by atoms with van der Waals surface area (Å²) in [5, 5.41) is 0. The molecule has 0 aliphatic heterocycles. The van der Waals surface area contributed by atoms with E-state index in [0.717, 1.165) is 12.8 Å². The van der Waals surface area contributed by atoms with Gasteiger partial charge >= 0.3 is 5.97 Å². The summed E-state index contributed by atoms with van der Waals surface area (Å²) in [6.45, 7) is 0. The lowest BCUT2D eigenvalue weighted by Crippen LogP contribution is -2.53. The van der Waals surface area contributed by atoms with Crippen molar-refractivity contribution in [1.29, 1.82) is 0 Å². The summed E-state index contributed by atoms with van der Waals surface area (Å²) in [7, 11) is 1.45. The second-order valence-corrected chi connectivity index (χ2v) is 3.53. The highest BCUT2D eigenvalue weighted by atomic mass is 16.5. The van der Waals surface area contributed by atoms with Gasteiger partial charge in [-0.1, -0.05) is 0 Å². The van der Waals surface area contributed by atoms with Gasteiger partial charge in [0, 0.05) is 6.04 Å². The molecule has 3 heteroatoms. The maximum absolute atomic E-state index is 11.1. The van der Waals surface area contributed by atoms with E-state index in [1.54, 1.807) is 0 Å². The van der Waals surface area contributed by atoms with Crippen LogP contribution < -0.4 is 5.73 Å². The molecule has 3 saturated carbocycles. The van der Waals surface area contributed by atoms with Crippen LogP contribution in [0.5, 0.6) is 0 Å². The molecule has 3 fully saturated rings. The van der Waals surface area contributed by atoms with Gasteiger partial charge in [-0.25, -0.2) is 0 Å². The molecule has 0 radical (unpaired) electrons. The van der Waals surface area contributed by atoms with Crippen LogP contribution in [0.25, 0.3) is 0 Å². The molecule has 3 aliphatic carbocycles. The summed E-state index contributed by atoms with van der Waals surface area (Å²) in [6, 6.07) is 0.277. The maximum atomic E-state index is 11.1. The highest BCUT2D eigenvalue weighted by Crippen LogP contribution is 2.52. The monoisotopic (exact) mass is 155 g/mol. The third kappa shape index (κ3) is 0.745. The fourth-order valence-electron chi connectivity index (χ4n) is 2.58. The zero-order valence-electron chi connectivity index (χ0n) is 6.62. The third-order valence-electron chi connectivity index (χ3n) is 3.22. The first-order valence-electron chi connectivity index (χ1n) is 4.09. The average Bonchev–Trinajstić information content (AvgIpc) is 2.59. The van der Waals surface area contributed by atoms with Gasteiger partial charge < -0.3 is 10.5 Å². The van der Waals surface area contributed by atoms with Gasteiger partial charge in [0.05, 0.1) is 13.0 Å². The van der Waals surface area contributed by atoms with Crippen LogP contribution in [0, 0.1) is 17.8 Å². The number of methoxy groups -OCH3 is 1. The first-order chi connectivity index (χ1) is 5.25. The molecule has 2 unspecified atom stereocenters. The predicted octanol–water partition coefficient (Wildman–Crippen LogP) is 0.143. The molecule has 3 rings (SSSR count). The topological polar surface area (TPSA) is 52.3 Å². The van der Waals surface area contributed by atoms with E-state index in [2.05, 4.69) is 4.74 Å². The number of rotatable bonds is 1. The van der Waals surface area contributed by atoms with Crippen molar-refractivity contribution in [1.82, 2.24) is 0 Å². The van der Waals surface area contributed by atoms with Gasteiger partial charge in [-0.2, -0.15) is 0 Å². The quantitative estimate of drug-likeness (QED) is 0.548. The fraction of sp³-hybridized carbons (Fsp3) is 0.875. The molecule has 0 aromatic heterocycles. The van der Waals surface area contributed by atoms with Crippen molar-refractivity contribution in [2.45, 2.75) is 18.9 Å². The molecule has 3 nitrogen and oxygen atoms in total. The molecule has 0 amide bonds. The van der Waals surface area contributed by atoms with Gasteiger partial charge in [-0.05, 0) is 24.7 Å². The number of esters is 1. The van der Waals surface area contributed by atoms with Crippen molar-refractivity contribution < 1.29 is 9.53 Å². The predicted molar refractivity (Wildman–Crippen MR) is 39.7 cm³/mol. The summed E-state index contributed by atoms with van der Waals surface area (Å²) in [5.74, 6) is 0.925. The molecule has 2 N–H and O–H groups in total. The Morgan fingerprint density at radius 1 is 1.45 bits per heavy atom. The molecule has 0 aromatic carbocycles. The van der Waals surface area contributed by atoms with E-state index in [9.17, 15) is 4.79 Å². The summed E-state index contributed by atoms with van der Waals surface area (Å²) in [4.78, 5) is 11.1. The van der Waals surface area contributed by atoms with Crippen LogP contribution in [-0.4, -0.2) is 19.1 Å². The van der Waals surface area contributed by atoms with Gasteiger partial charge in [-0.3, -0.25) is 4.79 Å². The Balaban J connectivity index is 2.06. The minimum Gasteiger partial charge on any atom is -0.469 e. The Labute approximate surface area is 65.9 Å². The van der Waals surface area contributed by atoms with Crippen molar-refractivity contribution in [3.8, 4) is 0 Å². The number of hydrogen-bond acceptors (Lipinski definition) is 3. The Hall–Kier alpha value is -0.570. The molecule has 11 heavy (non-hydrogen) atoms. The number of fused-ring (bicyclic) bond motifs is 1. The Bertz CT molecular complexity index is 181. The zero-order valence-corrected chi connectivity index (χ0v) is 6.62. The van der Waals surface area contributed by atoms with Crippen molar-refractivity contribution in [3.05, 3.63) is 0 Å². The van der Waals surface area contributed by atoms with Crippen LogP contribution in [0.3, 0.4) is 0 Å². The van der Waals surface area contributed by atoms with E-state index >= 15 is 0 Å². The van der Waals surface area contributed by atoms with Gasteiger partial charge in [0.25, 0.3) is 0 Å². The fourth-order valence-corrected chi connectivity index (χ4v) is 2.58. The Morgan fingerprint density at radius 3 is 2.36 bits per heavy atom. The highest BCUT2D eigenvalue weighted by molar-refractivity contribution is 5.75. The first kappa shape index (κ1) is 7.10. The summed E-state index contributed by atoms with van der Waals surface area (Å²) in [5.41, 5.74) is 5.80. The van der Waals surface area contributed by atoms with Crippen LogP contribution in [0.2, 0.25) is 0 Å². The molecule has 0 heterocycles. The number of hydrogen-bond donors (Lipinski definition) is 1. The standard InChI is InChI=1S/C8H13NO2/c1-11-8(10)6-4-2-3-5(6)7(4)9/h4-7H,2-3,9H2,1H3/t4-,5+,6?,7?. The molecular formula is C8H13NO2. The first-order valence-corrected chi connectivity index (χ1v) is 4.09. The normalized spacial score (nSPS) is 46.7. The van der Waals surface area contributed by atoms with Crippen LogP contribution in [0.1, 0.15) is 12.8 Å². The summed E-state index contributed by atoms with van der Waals surface area (Å²) < 4.78 is 4.69. The Kier molecular flexibility index (Phi) is 1.42. The molecule has 2 bridgehead atoms. The number of ether oxygens (including phenoxy) is 1. The summed E-state index contributed by atoms with van der Waals surface area (Å²) in [6.07, 6.45) is 2.23. The minimum atomic E-state index is -0.0563. The van der Waals surface area contributed by atoms with E-state index < -0.39 is 0 Å².